The molecule has 0 radical (unpaired) electrons. The Hall–Kier alpha value is -0.840. The second kappa shape index (κ2) is 5.87. The maximum Gasteiger partial charge on any atom is 0.122 e. The summed E-state index contributed by atoms with van der Waals surface area (Å²) in [5.41, 5.74) is 1.96. The zero-order chi connectivity index (χ0) is 13.1. The third-order valence-corrected chi connectivity index (χ3v) is 4.34. The van der Waals surface area contributed by atoms with Crippen LogP contribution in [0.25, 0.3) is 0 Å². The lowest BCUT2D eigenvalue weighted by molar-refractivity contribution is 0.199. The summed E-state index contributed by atoms with van der Waals surface area (Å²) >= 11 is 5.10. The molecule has 0 aliphatic carbocycles. The van der Waals surface area contributed by atoms with Gasteiger partial charge in [0.1, 0.15) is 12.4 Å². The van der Waals surface area contributed by atoms with Crippen LogP contribution in [0.5, 0.6) is 5.75 Å². The smallest absolute Gasteiger partial charge is 0.122 e. The van der Waals surface area contributed by atoms with Crippen molar-refractivity contribution in [3.8, 4) is 5.75 Å². The molecule has 0 bridgehead atoms. The number of aryl methyl sites for hydroxylation is 1. The van der Waals surface area contributed by atoms with Crippen LogP contribution in [0.3, 0.4) is 0 Å². The number of rotatable bonds is 4. The number of halogens is 1. The van der Waals surface area contributed by atoms with E-state index in [1.807, 2.05) is 30.5 Å². The van der Waals surface area contributed by atoms with E-state index in [0.717, 1.165) is 21.3 Å². The first-order valence-corrected chi connectivity index (χ1v) is 7.38. The summed E-state index contributed by atoms with van der Waals surface area (Å²) in [5.74, 6) is 0.865. The molecule has 0 amide bonds. The van der Waals surface area contributed by atoms with Crippen LogP contribution in [-0.4, -0.2) is 5.11 Å². The molecule has 1 atom stereocenters. The van der Waals surface area contributed by atoms with Gasteiger partial charge >= 0.3 is 0 Å². The van der Waals surface area contributed by atoms with Gasteiger partial charge in [-0.05, 0) is 59.1 Å². The highest BCUT2D eigenvalue weighted by Crippen LogP contribution is 2.25. The largest absolute Gasteiger partial charge is 0.488 e. The molecule has 0 spiro atoms. The monoisotopic (exact) mass is 326 g/mol. The Morgan fingerprint density at radius 3 is 2.72 bits per heavy atom. The SMILES string of the molecule is Cc1cc(C(C)O)ccc1OCc1cc(Br)cs1. The number of hydrogen-bond donors (Lipinski definition) is 1. The minimum absolute atomic E-state index is 0.439. The minimum atomic E-state index is -0.439. The first-order valence-electron chi connectivity index (χ1n) is 5.70. The van der Waals surface area contributed by atoms with Gasteiger partial charge in [0.05, 0.1) is 6.10 Å². The third kappa shape index (κ3) is 3.34. The fraction of sp³-hybridized carbons (Fsp3) is 0.286. The van der Waals surface area contributed by atoms with Crippen molar-refractivity contribution in [1.82, 2.24) is 0 Å². The average molecular weight is 327 g/mol. The molecule has 1 heterocycles. The molecule has 18 heavy (non-hydrogen) atoms. The lowest BCUT2D eigenvalue weighted by Gasteiger charge is -2.11. The predicted molar refractivity (Wildman–Crippen MR) is 78.2 cm³/mol. The van der Waals surface area contributed by atoms with Crippen molar-refractivity contribution in [2.75, 3.05) is 0 Å². The Labute approximate surface area is 119 Å². The van der Waals surface area contributed by atoms with Gasteiger partial charge in [0.25, 0.3) is 0 Å². The molecule has 1 aromatic carbocycles. The number of aliphatic hydroxyl groups is 1. The molecule has 0 saturated heterocycles. The molecule has 0 aliphatic heterocycles. The summed E-state index contributed by atoms with van der Waals surface area (Å²) in [6.07, 6.45) is -0.439. The van der Waals surface area contributed by atoms with Crippen LogP contribution in [0.1, 0.15) is 29.0 Å². The Morgan fingerprint density at radius 1 is 1.39 bits per heavy atom. The molecule has 2 nitrogen and oxygen atoms in total. The molecule has 0 saturated carbocycles. The fourth-order valence-corrected chi connectivity index (χ4v) is 3.03. The number of thiophene rings is 1. The average Bonchev–Trinajstić information content (AvgIpc) is 2.73. The second-order valence-electron chi connectivity index (χ2n) is 4.22. The van der Waals surface area contributed by atoms with Crippen LogP contribution >= 0.6 is 27.3 Å². The summed E-state index contributed by atoms with van der Waals surface area (Å²) in [6.45, 7) is 4.33. The molecule has 1 N–H and O–H groups in total. The van der Waals surface area contributed by atoms with Crippen molar-refractivity contribution in [1.29, 1.82) is 0 Å². The molecule has 1 unspecified atom stereocenters. The number of ether oxygens (including phenoxy) is 1. The van der Waals surface area contributed by atoms with Crippen molar-refractivity contribution in [3.63, 3.8) is 0 Å². The molecular weight excluding hydrogens is 312 g/mol. The van der Waals surface area contributed by atoms with E-state index in [4.69, 9.17) is 4.74 Å². The van der Waals surface area contributed by atoms with E-state index in [1.165, 1.54) is 4.88 Å². The Bertz CT molecular complexity index is 534. The minimum Gasteiger partial charge on any atom is -0.488 e. The van der Waals surface area contributed by atoms with Crippen molar-refractivity contribution in [2.45, 2.75) is 26.6 Å². The molecule has 0 fully saturated rings. The number of aliphatic hydroxyl groups excluding tert-OH is 1. The highest BCUT2D eigenvalue weighted by atomic mass is 79.9. The van der Waals surface area contributed by atoms with Crippen LogP contribution in [0.2, 0.25) is 0 Å². The van der Waals surface area contributed by atoms with Crippen LogP contribution < -0.4 is 4.74 Å². The molecule has 2 aromatic rings. The third-order valence-electron chi connectivity index (χ3n) is 2.67. The van der Waals surface area contributed by atoms with Crippen molar-refractivity contribution in [3.05, 3.63) is 50.1 Å². The van der Waals surface area contributed by atoms with Crippen molar-refractivity contribution < 1.29 is 9.84 Å². The Morgan fingerprint density at radius 2 is 2.17 bits per heavy atom. The van der Waals surface area contributed by atoms with Gasteiger partial charge in [-0.3, -0.25) is 0 Å². The van der Waals surface area contributed by atoms with Gasteiger partial charge in [-0.1, -0.05) is 6.07 Å². The van der Waals surface area contributed by atoms with Gasteiger partial charge < -0.3 is 9.84 Å². The van der Waals surface area contributed by atoms with E-state index in [1.54, 1.807) is 18.3 Å². The topological polar surface area (TPSA) is 29.5 Å². The van der Waals surface area contributed by atoms with Gasteiger partial charge in [0, 0.05) is 14.7 Å². The second-order valence-corrected chi connectivity index (χ2v) is 6.13. The van der Waals surface area contributed by atoms with Gasteiger partial charge in [-0.25, -0.2) is 0 Å². The predicted octanol–water partition coefficient (Wildman–Crippen LogP) is 4.45. The van der Waals surface area contributed by atoms with Gasteiger partial charge in [-0.15, -0.1) is 11.3 Å². The highest BCUT2D eigenvalue weighted by Gasteiger charge is 2.06. The van der Waals surface area contributed by atoms with E-state index in [9.17, 15) is 5.11 Å². The molecular formula is C14H15BrO2S. The normalized spacial score (nSPS) is 12.4. The van der Waals surface area contributed by atoms with Crippen LogP contribution in [0, 0.1) is 6.92 Å². The van der Waals surface area contributed by atoms with Crippen LogP contribution in [-0.2, 0) is 6.61 Å². The van der Waals surface area contributed by atoms with E-state index in [-0.39, 0.29) is 0 Å². The van der Waals surface area contributed by atoms with Crippen molar-refractivity contribution in [2.24, 2.45) is 0 Å². The summed E-state index contributed by atoms with van der Waals surface area (Å²) < 4.78 is 6.87. The van der Waals surface area contributed by atoms with E-state index >= 15 is 0 Å². The van der Waals surface area contributed by atoms with Crippen molar-refractivity contribution >= 4 is 27.3 Å². The zero-order valence-electron chi connectivity index (χ0n) is 10.3. The number of benzene rings is 1. The first kappa shape index (κ1) is 13.6. The van der Waals surface area contributed by atoms with Crippen LogP contribution in [0.15, 0.2) is 34.1 Å². The lowest BCUT2D eigenvalue weighted by Crippen LogP contribution is -1.97. The summed E-state index contributed by atoms with van der Waals surface area (Å²) in [4.78, 5) is 1.18. The van der Waals surface area contributed by atoms with E-state index in [0.29, 0.717) is 6.61 Å². The molecule has 96 valence electrons. The van der Waals surface area contributed by atoms with Gasteiger partial charge in [0.15, 0.2) is 0 Å². The number of hydrogen-bond acceptors (Lipinski definition) is 3. The van der Waals surface area contributed by atoms with Gasteiger partial charge in [0.2, 0.25) is 0 Å². The highest BCUT2D eigenvalue weighted by molar-refractivity contribution is 9.10. The quantitative estimate of drug-likeness (QED) is 0.899. The summed E-state index contributed by atoms with van der Waals surface area (Å²) in [6, 6.07) is 7.84. The maximum atomic E-state index is 9.51. The maximum absolute atomic E-state index is 9.51. The summed E-state index contributed by atoms with van der Waals surface area (Å²) in [7, 11) is 0. The van der Waals surface area contributed by atoms with Crippen LogP contribution in [0.4, 0.5) is 0 Å². The van der Waals surface area contributed by atoms with E-state index < -0.39 is 6.10 Å². The molecule has 2 rings (SSSR count). The fourth-order valence-electron chi connectivity index (χ4n) is 1.67. The first-order chi connectivity index (χ1) is 8.56. The molecule has 0 aliphatic rings. The zero-order valence-corrected chi connectivity index (χ0v) is 12.7. The standard InChI is InChI=1S/C14H15BrO2S/c1-9-5-11(10(2)16)3-4-14(9)17-7-13-6-12(15)8-18-13/h3-6,8,10,16H,7H2,1-2H3. The molecule has 4 heteroatoms. The lowest BCUT2D eigenvalue weighted by atomic mass is 10.1. The Kier molecular flexibility index (Phi) is 4.43. The molecule has 1 aromatic heterocycles. The summed E-state index contributed by atoms with van der Waals surface area (Å²) in [5, 5.41) is 11.5. The van der Waals surface area contributed by atoms with Gasteiger partial charge in [-0.2, -0.15) is 0 Å². The van der Waals surface area contributed by atoms with E-state index in [2.05, 4.69) is 22.0 Å². The Balaban J connectivity index is 2.05.